The lowest BCUT2D eigenvalue weighted by Crippen LogP contribution is -2.36. The molecule has 2 heterocycles. The SMILES string of the molecule is CC[C@H]1O[C@@H](c2cn(CCC(C)=O)c(=O)[nH]c2=O)[C@@H](OC(=O)CCC(=O)O)C1C. The third-order valence-electron chi connectivity index (χ3n) is 4.99. The summed E-state index contributed by atoms with van der Waals surface area (Å²) in [5.41, 5.74) is -1.19. The second-order valence-electron chi connectivity index (χ2n) is 7.20. The van der Waals surface area contributed by atoms with Crippen LogP contribution in [0.2, 0.25) is 0 Å². The molecule has 1 aliphatic rings. The van der Waals surface area contributed by atoms with Gasteiger partial charge in [0.25, 0.3) is 5.56 Å². The zero-order chi connectivity index (χ0) is 21.7. The normalized spacial score (nSPS) is 23.7. The predicted molar refractivity (Wildman–Crippen MR) is 100 cm³/mol. The van der Waals surface area contributed by atoms with E-state index in [0.29, 0.717) is 6.42 Å². The molecule has 10 nitrogen and oxygen atoms in total. The molecule has 160 valence electrons. The fourth-order valence-corrected chi connectivity index (χ4v) is 3.36. The van der Waals surface area contributed by atoms with E-state index in [1.165, 1.54) is 17.7 Å². The number of H-pyrrole nitrogens is 1. The number of hydrogen-bond acceptors (Lipinski definition) is 7. The number of aryl methyl sites for hydroxylation is 1. The van der Waals surface area contributed by atoms with Gasteiger partial charge in [-0.1, -0.05) is 13.8 Å². The van der Waals surface area contributed by atoms with E-state index in [2.05, 4.69) is 4.98 Å². The number of nitrogens with one attached hydrogen (secondary N) is 1. The standard InChI is InChI=1S/C19H26N2O8/c1-4-13-11(3)16(29-15(25)6-5-14(23)24)17(28-13)12-9-21(8-7-10(2)22)19(27)20-18(12)26/h9,11,13,16-17H,4-8H2,1-3H3,(H,23,24)(H,20,26,27)/t11?,13-,16+,17+/m1/s1. The molecule has 2 rings (SSSR count). The van der Waals surface area contributed by atoms with Gasteiger partial charge in [0.1, 0.15) is 18.0 Å². The van der Waals surface area contributed by atoms with Gasteiger partial charge in [-0.2, -0.15) is 0 Å². The number of nitrogens with zero attached hydrogens (tertiary/aromatic N) is 1. The van der Waals surface area contributed by atoms with Crippen LogP contribution in [0.1, 0.15) is 58.1 Å². The number of Topliss-reactive ketones (excluding diaryl/α,β-unsaturated/α-hetero) is 1. The molecular formula is C19H26N2O8. The number of aromatic amines is 1. The molecule has 1 fully saturated rings. The van der Waals surface area contributed by atoms with E-state index < -0.39 is 35.4 Å². The summed E-state index contributed by atoms with van der Waals surface area (Å²) in [6.45, 7) is 5.21. The Morgan fingerprint density at radius 1 is 1.24 bits per heavy atom. The first-order chi connectivity index (χ1) is 13.6. The van der Waals surface area contributed by atoms with Gasteiger partial charge in [0.2, 0.25) is 0 Å². The highest BCUT2D eigenvalue weighted by atomic mass is 16.6. The van der Waals surface area contributed by atoms with Crippen molar-refractivity contribution in [3.63, 3.8) is 0 Å². The molecule has 2 N–H and O–H groups in total. The molecule has 29 heavy (non-hydrogen) atoms. The lowest BCUT2D eigenvalue weighted by Gasteiger charge is -2.21. The first kappa shape index (κ1) is 22.5. The van der Waals surface area contributed by atoms with Crippen molar-refractivity contribution in [2.75, 3.05) is 0 Å². The number of ether oxygens (including phenoxy) is 2. The van der Waals surface area contributed by atoms with Crippen molar-refractivity contribution in [2.24, 2.45) is 5.92 Å². The van der Waals surface area contributed by atoms with Crippen molar-refractivity contribution in [3.8, 4) is 0 Å². The minimum Gasteiger partial charge on any atom is -0.481 e. The van der Waals surface area contributed by atoms with Crippen LogP contribution >= 0.6 is 0 Å². The van der Waals surface area contributed by atoms with Crippen LogP contribution in [-0.4, -0.2) is 44.6 Å². The van der Waals surface area contributed by atoms with Gasteiger partial charge < -0.3 is 14.6 Å². The number of rotatable bonds is 9. The molecule has 1 unspecified atom stereocenters. The summed E-state index contributed by atoms with van der Waals surface area (Å²) in [6, 6.07) is 0. The van der Waals surface area contributed by atoms with E-state index in [1.807, 2.05) is 13.8 Å². The topological polar surface area (TPSA) is 145 Å². The van der Waals surface area contributed by atoms with Gasteiger partial charge in [0, 0.05) is 25.1 Å². The Hall–Kier alpha value is -2.75. The van der Waals surface area contributed by atoms with Gasteiger partial charge in [0.05, 0.1) is 24.5 Å². The third-order valence-corrected chi connectivity index (χ3v) is 4.99. The average Bonchev–Trinajstić information content (AvgIpc) is 2.95. The molecule has 1 aromatic rings. The largest absolute Gasteiger partial charge is 0.481 e. The molecule has 1 aromatic heterocycles. The summed E-state index contributed by atoms with van der Waals surface area (Å²) in [4.78, 5) is 60.7. The van der Waals surface area contributed by atoms with Gasteiger partial charge in [-0.05, 0) is 13.3 Å². The highest BCUT2D eigenvalue weighted by Gasteiger charge is 2.45. The van der Waals surface area contributed by atoms with E-state index in [0.717, 1.165) is 0 Å². The quantitative estimate of drug-likeness (QED) is 0.568. The van der Waals surface area contributed by atoms with Gasteiger partial charge in [-0.25, -0.2) is 4.79 Å². The molecule has 1 aliphatic heterocycles. The van der Waals surface area contributed by atoms with Crippen LogP contribution in [-0.2, 0) is 30.4 Å². The van der Waals surface area contributed by atoms with Crippen molar-refractivity contribution in [2.45, 2.75) is 71.3 Å². The number of hydrogen-bond donors (Lipinski definition) is 2. The number of carbonyl (C=O) groups is 3. The number of carboxylic acid groups (broad SMARTS) is 1. The number of carbonyl (C=O) groups excluding carboxylic acids is 2. The van der Waals surface area contributed by atoms with E-state index in [-0.39, 0.29) is 49.2 Å². The second kappa shape index (κ2) is 9.64. The zero-order valence-corrected chi connectivity index (χ0v) is 16.7. The lowest BCUT2D eigenvalue weighted by molar-refractivity contribution is -0.155. The Kier molecular flexibility index (Phi) is 7.49. The number of carboxylic acids is 1. The Labute approximate surface area is 166 Å². The summed E-state index contributed by atoms with van der Waals surface area (Å²) in [7, 11) is 0. The Morgan fingerprint density at radius 3 is 2.52 bits per heavy atom. The lowest BCUT2D eigenvalue weighted by atomic mass is 9.94. The van der Waals surface area contributed by atoms with Crippen molar-refractivity contribution < 1.29 is 29.0 Å². The summed E-state index contributed by atoms with van der Waals surface area (Å²) in [5, 5.41) is 8.73. The Morgan fingerprint density at radius 2 is 1.93 bits per heavy atom. The molecule has 0 aromatic carbocycles. The highest BCUT2D eigenvalue weighted by Crippen LogP contribution is 2.39. The molecule has 0 amide bonds. The molecule has 4 atom stereocenters. The first-order valence-electron chi connectivity index (χ1n) is 9.53. The smallest absolute Gasteiger partial charge is 0.328 e. The van der Waals surface area contributed by atoms with Crippen molar-refractivity contribution in [1.29, 1.82) is 0 Å². The van der Waals surface area contributed by atoms with E-state index in [4.69, 9.17) is 14.6 Å². The fraction of sp³-hybridized carbons (Fsp3) is 0.632. The van der Waals surface area contributed by atoms with Crippen molar-refractivity contribution in [1.82, 2.24) is 9.55 Å². The maximum Gasteiger partial charge on any atom is 0.328 e. The Bertz CT molecular complexity index is 887. The molecule has 0 radical (unpaired) electrons. The van der Waals surface area contributed by atoms with Crippen LogP contribution in [0.4, 0.5) is 0 Å². The van der Waals surface area contributed by atoms with Crippen LogP contribution in [0.3, 0.4) is 0 Å². The summed E-state index contributed by atoms with van der Waals surface area (Å²) >= 11 is 0. The number of aliphatic carboxylic acids is 1. The third kappa shape index (κ3) is 5.63. The van der Waals surface area contributed by atoms with E-state index in [1.54, 1.807) is 0 Å². The highest BCUT2D eigenvalue weighted by molar-refractivity contribution is 5.76. The van der Waals surface area contributed by atoms with Crippen molar-refractivity contribution in [3.05, 3.63) is 32.6 Å². The fourth-order valence-electron chi connectivity index (χ4n) is 3.36. The molecule has 0 spiro atoms. The summed E-state index contributed by atoms with van der Waals surface area (Å²) < 4.78 is 12.6. The summed E-state index contributed by atoms with van der Waals surface area (Å²) in [6.07, 6.45) is -0.582. The van der Waals surface area contributed by atoms with Gasteiger partial charge in [0.15, 0.2) is 0 Å². The number of aromatic nitrogens is 2. The van der Waals surface area contributed by atoms with Gasteiger partial charge in [-0.3, -0.25) is 28.7 Å². The molecule has 1 saturated heterocycles. The Balaban J connectivity index is 2.33. The minimum atomic E-state index is -1.12. The molecule has 10 heteroatoms. The number of esters is 1. The predicted octanol–water partition coefficient (Wildman–Crippen LogP) is 0.778. The minimum absolute atomic E-state index is 0.0977. The van der Waals surface area contributed by atoms with Gasteiger partial charge in [-0.15, -0.1) is 0 Å². The van der Waals surface area contributed by atoms with E-state index in [9.17, 15) is 24.0 Å². The number of ketones is 1. The maximum absolute atomic E-state index is 12.4. The van der Waals surface area contributed by atoms with Crippen LogP contribution in [0.15, 0.2) is 15.8 Å². The average molecular weight is 410 g/mol. The molecule has 0 aliphatic carbocycles. The first-order valence-corrected chi connectivity index (χ1v) is 9.53. The summed E-state index contributed by atoms with van der Waals surface area (Å²) in [5.74, 6) is -2.16. The molecule has 0 bridgehead atoms. The van der Waals surface area contributed by atoms with Crippen LogP contribution < -0.4 is 11.2 Å². The zero-order valence-electron chi connectivity index (χ0n) is 16.7. The second-order valence-corrected chi connectivity index (χ2v) is 7.20. The van der Waals surface area contributed by atoms with Crippen LogP contribution in [0.25, 0.3) is 0 Å². The van der Waals surface area contributed by atoms with Crippen molar-refractivity contribution >= 4 is 17.7 Å². The van der Waals surface area contributed by atoms with Crippen LogP contribution in [0.5, 0.6) is 0 Å². The monoisotopic (exact) mass is 410 g/mol. The van der Waals surface area contributed by atoms with Crippen LogP contribution in [0, 0.1) is 5.92 Å². The maximum atomic E-state index is 12.4. The van der Waals surface area contributed by atoms with Gasteiger partial charge >= 0.3 is 17.6 Å². The molecular weight excluding hydrogens is 384 g/mol. The molecule has 0 saturated carbocycles. The van der Waals surface area contributed by atoms with E-state index >= 15 is 0 Å².